The number of nitrogens with one attached hydrogen (secondary N) is 2. The maximum atomic E-state index is 12.8. The Morgan fingerprint density at radius 2 is 2.00 bits per heavy atom. The van der Waals surface area contributed by atoms with Crippen molar-refractivity contribution in [3.8, 4) is 0 Å². The smallest absolute Gasteiger partial charge is 0.251 e. The van der Waals surface area contributed by atoms with Gasteiger partial charge in [-0.2, -0.15) is 11.8 Å². The van der Waals surface area contributed by atoms with E-state index in [1.54, 1.807) is 11.8 Å². The highest BCUT2D eigenvalue weighted by Gasteiger charge is 2.21. The predicted molar refractivity (Wildman–Crippen MR) is 118 cm³/mol. The molecule has 10 heteroatoms. The van der Waals surface area contributed by atoms with Crippen molar-refractivity contribution in [1.29, 1.82) is 0 Å². The molecule has 0 aliphatic rings. The van der Waals surface area contributed by atoms with Crippen LogP contribution in [0.4, 0.5) is 0 Å². The molecule has 30 heavy (non-hydrogen) atoms. The van der Waals surface area contributed by atoms with Gasteiger partial charge in [0.25, 0.3) is 5.91 Å². The van der Waals surface area contributed by atoms with E-state index in [0.717, 1.165) is 5.75 Å². The minimum absolute atomic E-state index is 0.0864. The third-order valence-electron chi connectivity index (χ3n) is 4.41. The third kappa shape index (κ3) is 5.07. The van der Waals surface area contributed by atoms with Crippen LogP contribution >= 0.6 is 11.8 Å². The minimum Gasteiger partial charge on any atom is -0.342 e. The average molecular weight is 446 g/mol. The normalized spacial score (nSPS) is 12.6. The summed E-state index contributed by atoms with van der Waals surface area (Å²) in [6, 6.07) is 11.1. The van der Waals surface area contributed by atoms with Gasteiger partial charge in [-0.25, -0.2) is 13.1 Å². The number of hydrogen-bond donors (Lipinski definition) is 2. The van der Waals surface area contributed by atoms with Gasteiger partial charge in [-0.1, -0.05) is 12.1 Å². The number of fused-ring (bicyclic) bond motifs is 1. The summed E-state index contributed by atoms with van der Waals surface area (Å²) in [5.74, 6) is 1.18. The van der Waals surface area contributed by atoms with Crippen LogP contribution in [-0.4, -0.2) is 47.5 Å². The molecular weight excluding hydrogens is 422 g/mol. The van der Waals surface area contributed by atoms with Gasteiger partial charge in [0, 0.05) is 18.3 Å². The van der Waals surface area contributed by atoms with Gasteiger partial charge in [-0.15, -0.1) is 16.8 Å². The molecule has 8 nitrogen and oxygen atoms in total. The van der Waals surface area contributed by atoms with Crippen LogP contribution in [0.3, 0.4) is 0 Å². The van der Waals surface area contributed by atoms with Gasteiger partial charge in [0.05, 0.1) is 10.9 Å². The van der Waals surface area contributed by atoms with Gasteiger partial charge < -0.3 is 5.32 Å². The second kappa shape index (κ2) is 9.88. The number of nitrogens with zero attached hydrogens (tertiary/aromatic N) is 3. The molecule has 0 saturated heterocycles. The summed E-state index contributed by atoms with van der Waals surface area (Å²) in [4.78, 5) is 12.9. The van der Waals surface area contributed by atoms with Crippen molar-refractivity contribution in [2.24, 2.45) is 0 Å². The highest BCUT2D eigenvalue weighted by atomic mass is 32.2. The lowest BCUT2D eigenvalue weighted by molar-refractivity contribution is 0.0933. The molecule has 1 aromatic carbocycles. The molecule has 0 spiro atoms. The summed E-state index contributed by atoms with van der Waals surface area (Å²) in [6.07, 6.45) is 6.00. The number of pyridine rings is 1. The van der Waals surface area contributed by atoms with Gasteiger partial charge in [0.2, 0.25) is 10.0 Å². The van der Waals surface area contributed by atoms with Crippen molar-refractivity contribution in [3.05, 3.63) is 72.7 Å². The van der Waals surface area contributed by atoms with Gasteiger partial charge in [0.15, 0.2) is 11.5 Å². The average Bonchev–Trinajstić information content (AvgIpc) is 3.19. The van der Waals surface area contributed by atoms with Gasteiger partial charge in [-0.3, -0.25) is 9.20 Å². The molecule has 1 atom stereocenters. The van der Waals surface area contributed by atoms with Crippen molar-refractivity contribution in [2.45, 2.75) is 17.4 Å². The molecule has 0 saturated carbocycles. The highest BCUT2D eigenvalue weighted by molar-refractivity contribution is 7.98. The van der Waals surface area contributed by atoms with E-state index >= 15 is 0 Å². The number of sulfonamides is 1. The Kier molecular flexibility index (Phi) is 7.24. The molecule has 3 aromatic rings. The second-order valence-electron chi connectivity index (χ2n) is 6.46. The van der Waals surface area contributed by atoms with Crippen LogP contribution in [0.5, 0.6) is 0 Å². The molecule has 3 rings (SSSR count). The van der Waals surface area contributed by atoms with E-state index in [4.69, 9.17) is 0 Å². The van der Waals surface area contributed by atoms with E-state index in [0.29, 0.717) is 23.5 Å². The lowest BCUT2D eigenvalue weighted by Crippen LogP contribution is -2.30. The Labute approximate surface area is 179 Å². The summed E-state index contributed by atoms with van der Waals surface area (Å²) in [6.45, 7) is 3.62. The van der Waals surface area contributed by atoms with Gasteiger partial charge in [0.1, 0.15) is 0 Å². The molecule has 0 bridgehead atoms. The zero-order valence-corrected chi connectivity index (χ0v) is 18.1. The second-order valence-corrected chi connectivity index (χ2v) is 9.21. The quantitative estimate of drug-likeness (QED) is 0.464. The molecule has 2 aromatic heterocycles. The summed E-state index contributed by atoms with van der Waals surface area (Å²) >= 11 is 1.68. The molecular formula is C20H23N5O3S2. The van der Waals surface area contributed by atoms with E-state index in [-0.39, 0.29) is 23.4 Å². The van der Waals surface area contributed by atoms with Crippen LogP contribution in [-0.2, 0) is 10.0 Å². The Bertz CT molecular complexity index is 1130. The van der Waals surface area contributed by atoms with E-state index in [9.17, 15) is 13.2 Å². The zero-order chi connectivity index (χ0) is 21.6. The molecule has 0 fully saturated rings. The van der Waals surface area contributed by atoms with Crippen LogP contribution < -0.4 is 10.0 Å². The zero-order valence-electron chi connectivity index (χ0n) is 16.5. The molecule has 0 aliphatic heterocycles. The van der Waals surface area contributed by atoms with E-state index in [2.05, 4.69) is 26.8 Å². The number of benzene rings is 1. The van der Waals surface area contributed by atoms with Crippen molar-refractivity contribution in [3.63, 3.8) is 0 Å². The van der Waals surface area contributed by atoms with Gasteiger partial charge in [-0.05, 0) is 54.8 Å². The van der Waals surface area contributed by atoms with E-state index in [1.807, 2.05) is 35.1 Å². The SMILES string of the molecule is C=CCNS(=O)(=O)c1ccc(C(=O)NC(CCSC)c2nnc3ccccn23)cc1. The topological polar surface area (TPSA) is 105 Å². The molecule has 1 unspecified atom stereocenters. The fourth-order valence-corrected chi connectivity index (χ4v) is 4.35. The summed E-state index contributed by atoms with van der Waals surface area (Å²) in [5.41, 5.74) is 1.07. The maximum Gasteiger partial charge on any atom is 0.251 e. The van der Waals surface area contributed by atoms with Crippen LogP contribution in [0, 0.1) is 0 Å². The summed E-state index contributed by atoms with van der Waals surface area (Å²) in [7, 11) is -3.64. The van der Waals surface area contributed by atoms with Crippen LogP contribution in [0.2, 0.25) is 0 Å². The number of aromatic nitrogens is 3. The predicted octanol–water partition coefficient (Wildman–Crippen LogP) is 2.42. The lowest BCUT2D eigenvalue weighted by Gasteiger charge is -2.17. The third-order valence-corrected chi connectivity index (χ3v) is 6.50. The molecule has 158 valence electrons. The van der Waals surface area contributed by atoms with Crippen LogP contribution in [0.15, 0.2) is 66.2 Å². The Morgan fingerprint density at radius 1 is 1.23 bits per heavy atom. The summed E-state index contributed by atoms with van der Waals surface area (Å²) < 4.78 is 28.6. The fourth-order valence-electron chi connectivity index (χ4n) is 2.88. The first-order chi connectivity index (χ1) is 14.5. The van der Waals surface area contributed by atoms with Crippen molar-refractivity contribution >= 4 is 33.3 Å². The first-order valence-electron chi connectivity index (χ1n) is 9.26. The molecule has 1 amide bonds. The fraction of sp³-hybridized carbons (Fsp3) is 0.250. The minimum atomic E-state index is -3.64. The number of carbonyl (C=O) groups excluding carboxylic acids is 1. The van der Waals surface area contributed by atoms with Crippen LogP contribution in [0.25, 0.3) is 5.65 Å². The number of thioether (sulfide) groups is 1. The maximum absolute atomic E-state index is 12.8. The van der Waals surface area contributed by atoms with E-state index < -0.39 is 10.0 Å². The first kappa shape index (κ1) is 22.0. The monoisotopic (exact) mass is 445 g/mol. The molecule has 2 N–H and O–H groups in total. The van der Waals surface area contributed by atoms with Crippen LogP contribution in [0.1, 0.15) is 28.6 Å². The lowest BCUT2D eigenvalue weighted by atomic mass is 10.1. The summed E-state index contributed by atoms with van der Waals surface area (Å²) in [5, 5.41) is 11.4. The highest BCUT2D eigenvalue weighted by Crippen LogP contribution is 2.19. The number of hydrogen-bond acceptors (Lipinski definition) is 6. The Balaban J connectivity index is 1.80. The Morgan fingerprint density at radius 3 is 2.70 bits per heavy atom. The number of rotatable bonds is 10. The number of carbonyl (C=O) groups is 1. The first-order valence-corrected chi connectivity index (χ1v) is 12.1. The Hall–Kier alpha value is -2.69. The standard InChI is InChI=1S/C20H23N5O3S2/c1-3-12-21-30(27,28)16-9-7-15(8-10-16)20(26)22-17(11-14-29-2)19-24-23-18-6-4-5-13-25(18)19/h3-10,13,17,21H,1,11-12,14H2,2H3,(H,22,26). The molecule has 0 aliphatic carbocycles. The van der Waals surface area contributed by atoms with Crippen molar-refractivity contribution in [1.82, 2.24) is 24.6 Å². The number of amides is 1. The van der Waals surface area contributed by atoms with Gasteiger partial charge >= 0.3 is 0 Å². The van der Waals surface area contributed by atoms with Crippen molar-refractivity contribution in [2.75, 3.05) is 18.6 Å². The van der Waals surface area contributed by atoms with E-state index in [1.165, 1.54) is 30.3 Å². The molecule has 2 heterocycles. The molecule has 0 radical (unpaired) electrons. The van der Waals surface area contributed by atoms with Crippen molar-refractivity contribution < 1.29 is 13.2 Å². The largest absolute Gasteiger partial charge is 0.342 e.